The van der Waals surface area contributed by atoms with Gasteiger partial charge in [-0.05, 0) is 54.4 Å². The Hall–Kier alpha value is -1.70. The van der Waals surface area contributed by atoms with E-state index in [-0.39, 0.29) is 58.8 Å². The van der Waals surface area contributed by atoms with E-state index in [0.717, 1.165) is 37.3 Å². The van der Waals surface area contributed by atoms with Crippen molar-refractivity contribution >= 4 is 11.9 Å². The van der Waals surface area contributed by atoms with Crippen molar-refractivity contribution in [3.05, 3.63) is 23.3 Å². The Kier molecular flexibility index (Phi) is 3.50. The number of fused-ring (bicyclic) bond motifs is 4. The number of epoxide rings is 2. The molecule has 3 heterocycles. The highest BCUT2D eigenvalue weighted by Crippen LogP contribution is 2.90. The van der Waals surface area contributed by atoms with Crippen molar-refractivity contribution in [2.45, 2.75) is 76.0 Å². The summed E-state index contributed by atoms with van der Waals surface area (Å²) in [6.45, 7) is 7.47. The van der Waals surface area contributed by atoms with Crippen molar-refractivity contribution in [3.63, 3.8) is 0 Å². The fraction of sp³-hybridized carbons (Fsp3) is 0.760. The van der Waals surface area contributed by atoms with Crippen LogP contribution < -0.4 is 0 Å². The fourth-order valence-corrected chi connectivity index (χ4v) is 9.05. The van der Waals surface area contributed by atoms with E-state index in [1.807, 2.05) is 0 Å². The second-order valence-corrected chi connectivity index (χ2v) is 11.5. The van der Waals surface area contributed by atoms with E-state index in [1.165, 1.54) is 5.57 Å². The van der Waals surface area contributed by atoms with E-state index in [4.69, 9.17) is 24.1 Å². The van der Waals surface area contributed by atoms with Gasteiger partial charge in [-0.1, -0.05) is 26.8 Å². The van der Waals surface area contributed by atoms with Crippen molar-refractivity contribution in [3.8, 4) is 0 Å². The van der Waals surface area contributed by atoms with Gasteiger partial charge in [0.1, 0.15) is 23.9 Å². The van der Waals surface area contributed by atoms with Crippen molar-refractivity contribution in [1.29, 1.82) is 0 Å². The van der Waals surface area contributed by atoms with Crippen LogP contribution in [0, 0.1) is 28.6 Å². The van der Waals surface area contributed by atoms with Crippen LogP contribution in [-0.2, 0) is 28.5 Å². The molecule has 7 heteroatoms. The molecule has 3 saturated carbocycles. The number of hydrogen-bond acceptors (Lipinski definition) is 6. The molecule has 9 atom stereocenters. The Bertz CT molecular complexity index is 1010. The molecule has 7 rings (SSSR count). The van der Waals surface area contributed by atoms with E-state index in [9.17, 15) is 9.59 Å². The van der Waals surface area contributed by atoms with Gasteiger partial charge < -0.3 is 24.1 Å². The second-order valence-electron chi connectivity index (χ2n) is 11.5. The summed E-state index contributed by atoms with van der Waals surface area (Å²) in [6, 6.07) is 0. The highest BCUT2D eigenvalue weighted by molar-refractivity contribution is 5.92. The van der Waals surface area contributed by atoms with Gasteiger partial charge in [0.25, 0.3) is 0 Å². The quantitative estimate of drug-likeness (QED) is 0.397. The molecule has 4 aliphatic carbocycles. The lowest BCUT2D eigenvalue weighted by molar-refractivity contribution is -0.136. The number of aliphatic carboxylic acids is 1. The van der Waals surface area contributed by atoms with Crippen LogP contribution in [0.2, 0.25) is 0 Å². The van der Waals surface area contributed by atoms with Gasteiger partial charge >= 0.3 is 11.9 Å². The lowest BCUT2D eigenvalue weighted by Gasteiger charge is -2.56. The van der Waals surface area contributed by atoms with Crippen molar-refractivity contribution in [2.75, 3.05) is 13.2 Å². The molecule has 0 aromatic rings. The van der Waals surface area contributed by atoms with Gasteiger partial charge in [0, 0.05) is 17.1 Å². The SMILES string of the molecule is CC(C)[C@]12O[C@H]1[C@@H]1C[C@]13[C@]1(O[C@H]1C[C@H]1C4=C(CC[C@@]13C)C(=O)OC4)[C@@H]2OC/C=C\C(=O)O. The molecule has 0 bridgehead atoms. The minimum atomic E-state index is -0.971. The predicted octanol–water partition coefficient (Wildman–Crippen LogP) is 2.64. The van der Waals surface area contributed by atoms with Crippen molar-refractivity contribution in [2.24, 2.45) is 28.6 Å². The minimum absolute atomic E-state index is 0.0154. The Morgan fingerprint density at radius 1 is 1.34 bits per heavy atom. The molecule has 0 aromatic carbocycles. The molecule has 0 unspecified atom stereocenters. The molecule has 7 aliphatic rings. The smallest absolute Gasteiger partial charge is 0.334 e. The minimum Gasteiger partial charge on any atom is -0.478 e. The van der Waals surface area contributed by atoms with Crippen molar-refractivity contribution in [1.82, 2.24) is 0 Å². The maximum absolute atomic E-state index is 12.3. The predicted molar refractivity (Wildman–Crippen MR) is 111 cm³/mol. The van der Waals surface area contributed by atoms with Gasteiger partial charge in [-0.3, -0.25) is 0 Å². The molecule has 3 aliphatic heterocycles. The summed E-state index contributed by atoms with van der Waals surface area (Å²) in [4.78, 5) is 23.2. The Morgan fingerprint density at radius 2 is 2.16 bits per heavy atom. The van der Waals surface area contributed by atoms with E-state index in [0.29, 0.717) is 18.4 Å². The summed E-state index contributed by atoms with van der Waals surface area (Å²) in [5, 5.41) is 8.97. The maximum Gasteiger partial charge on any atom is 0.334 e. The molecule has 5 fully saturated rings. The number of cyclic esters (lactones) is 1. The third-order valence-electron chi connectivity index (χ3n) is 10.4. The molecule has 0 amide bonds. The highest BCUT2D eigenvalue weighted by Gasteiger charge is 2.98. The first-order valence-corrected chi connectivity index (χ1v) is 12.0. The van der Waals surface area contributed by atoms with Crippen LogP contribution in [0.5, 0.6) is 0 Å². The van der Waals surface area contributed by atoms with E-state index >= 15 is 0 Å². The summed E-state index contributed by atoms with van der Waals surface area (Å²) >= 11 is 0. The molecular weight excluding hydrogens is 412 g/mol. The summed E-state index contributed by atoms with van der Waals surface area (Å²) < 4.78 is 25.2. The van der Waals surface area contributed by atoms with Crippen molar-refractivity contribution < 1.29 is 33.6 Å². The van der Waals surface area contributed by atoms with Crippen LogP contribution in [-0.4, -0.2) is 59.8 Å². The molecule has 7 nitrogen and oxygen atoms in total. The second kappa shape index (κ2) is 5.68. The number of carboxylic acid groups (broad SMARTS) is 1. The number of carboxylic acids is 1. The number of rotatable bonds is 5. The number of carbonyl (C=O) groups is 2. The van der Waals surface area contributed by atoms with Crippen LogP contribution in [0.15, 0.2) is 23.3 Å². The van der Waals surface area contributed by atoms with Gasteiger partial charge in [0.2, 0.25) is 0 Å². The number of ether oxygens (including phenoxy) is 4. The highest BCUT2D eigenvalue weighted by atomic mass is 16.7. The first-order chi connectivity index (χ1) is 15.2. The zero-order valence-corrected chi connectivity index (χ0v) is 18.8. The number of carbonyl (C=O) groups excluding carboxylic acids is 1. The van der Waals surface area contributed by atoms with Gasteiger partial charge in [-0.2, -0.15) is 0 Å². The van der Waals surface area contributed by atoms with Crippen LogP contribution >= 0.6 is 0 Å². The third-order valence-corrected chi connectivity index (χ3v) is 10.4. The van der Waals surface area contributed by atoms with Gasteiger partial charge in [-0.15, -0.1) is 0 Å². The molecule has 2 spiro atoms. The van der Waals surface area contributed by atoms with Crippen LogP contribution in [0.25, 0.3) is 0 Å². The monoisotopic (exact) mass is 442 g/mol. The summed E-state index contributed by atoms with van der Waals surface area (Å²) in [5.41, 5.74) is 1.40. The van der Waals surface area contributed by atoms with E-state index in [2.05, 4.69) is 20.8 Å². The molecule has 0 aromatic heterocycles. The van der Waals surface area contributed by atoms with E-state index in [1.54, 1.807) is 6.08 Å². The van der Waals surface area contributed by atoms with Gasteiger partial charge in [0.05, 0.1) is 18.8 Å². The largest absolute Gasteiger partial charge is 0.478 e. The average Bonchev–Trinajstić information content (AvgIpc) is 3.63. The average molecular weight is 443 g/mol. The summed E-state index contributed by atoms with van der Waals surface area (Å²) in [7, 11) is 0. The number of esters is 1. The zero-order valence-electron chi connectivity index (χ0n) is 18.8. The normalized spacial score (nSPS) is 53.6. The first-order valence-electron chi connectivity index (χ1n) is 12.0. The van der Waals surface area contributed by atoms with Crippen LogP contribution in [0.4, 0.5) is 0 Å². The molecular formula is C25H30O7. The molecule has 0 radical (unpaired) electrons. The lowest BCUT2D eigenvalue weighted by atomic mass is 9.45. The fourth-order valence-electron chi connectivity index (χ4n) is 9.05. The first kappa shape index (κ1) is 19.7. The third kappa shape index (κ3) is 1.90. The number of hydrogen-bond donors (Lipinski definition) is 1. The van der Waals surface area contributed by atoms with E-state index < -0.39 is 5.97 Å². The Labute approximate surface area is 187 Å². The zero-order chi connectivity index (χ0) is 22.3. The Morgan fingerprint density at radius 3 is 2.91 bits per heavy atom. The summed E-state index contributed by atoms with van der Waals surface area (Å²) in [5.74, 6) is -0.0504. The molecule has 2 saturated heterocycles. The van der Waals surface area contributed by atoms with Crippen LogP contribution in [0.1, 0.15) is 46.5 Å². The summed E-state index contributed by atoms with van der Waals surface area (Å²) in [6.07, 6.45) is 6.47. The van der Waals surface area contributed by atoms with Gasteiger partial charge in [-0.25, -0.2) is 9.59 Å². The molecule has 32 heavy (non-hydrogen) atoms. The maximum atomic E-state index is 12.3. The standard InChI is InChI=1S/C25H30O7/c1-12(2)24-19(32-24)16-10-23(16)22(3)7-6-13-14(11-30-20(13)28)15(22)9-17-25(23,31-17)21(24)29-8-4-5-18(26)27/h4-5,12,15-17,19,21H,6-11H2,1-3H3,(H,26,27)/b5-4-/t15-,16-,17-,19-,21+,22-,23-,24-,25+/m0/s1. The molecule has 172 valence electrons. The Balaban J connectivity index is 1.30. The van der Waals surface area contributed by atoms with Gasteiger partial charge in [0.15, 0.2) is 0 Å². The van der Waals surface area contributed by atoms with Crippen LogP contribution in [0.3, 0.4) is 0 Å². The topological polar surface area (TPSA) is 97.9 Å². The lowest BCUT2D eigenvalue weighted by Crippen LogP contribution is -2.65. The molecule has 1 N–H and O–H groups in total.